The lowest BCUT2D eigenvalue weighted by Crippen LogP contribution is -1.92. The number of aromatic nitrogens is 1. The van der Waals surface area contributed by atoms with Crippen LogP contribution in [0.4, 0.5) is 5.69 Å². The lowest BCUT2D eigenvalue weighted by molar-refractivity contribution is 0.299. The summed E-state index contributed by atoms with van der Waals surface area (Å²) in [7, 11) is 0. The molecule has 0 saturated carbocycles. The fourth-order valence-electron chi connectivity index (χ4n) is 1.48. The molecule has 1 heterocycles. The lowest BCUT2D eigenvalue weighted by Gasteiger charge is -2.06. The zero-order valence-corrected chi connectivity index (χ0v) is 9.34. The highest BCUT2D eigenvalue weighted by Crippen LogP contribution is 2.22. The zero-order chi connectivity index (χ0) is 12.1. The largest absolute Gasteiger partial charge is 0.456 e. The number of rotatable bonds is 4. The van der Waals surface area contributed by atoms with Crippen LogP contribution in [-0.4, -0.2) is 16.7 Å². The maximum absolute atomic E-state index is 8.80. The fraction of sp³-hybridized carbons (Fsp3) is 0.154. The Morgan fingerprint density at radius 2 is 1.88 bits per heavy atom. The Morgan fingerprint density at radius 3 is 2.53 bits per heavy atom. The van der Waals surface area contributed by atoms with E-state index in [1.807, 2.05) is 24.3 Å². The van der Waals surface area contributed by atoms with E-state index in [-0.39, 0.29) is 6.61 Å². The maximum Gasteiger partial charge on any atom is 0.147 e. The molecule has 1 aromatic carbocycles. The second kappa shape index (κ2) is 5.32. The molecule has 3 N–H and O–H groups in total. The topological polar surface area (TPSA) is 68.4 Å². The average Bonchev–Trinajstić information content (AvgIpc) is 2.32. The van der Waals surface area contributed by atoms with Crippen LogP contribution >= 0.6 is 0 Å². The van der Waals surface area contributed by atoms with Crippen LogP contribution in [0.15, 0.2) is 42.7 Å². The van der Waals surface area contributed by atoms with Gasteiger partial charge in [-0.25, -0.2) is 0 Å². The number of nitrogens with two attached hydrogens (primary N) is 1. The summed E-state index contributed by atoms with van der Waals surface area (Å²) in [6.45, 7) is 0.152. The summed E-state index contributed by atoms with van der Waals surface area (Å²) in [6, 6.07) is 9.27. The number of nitrogen functional groups attached to an aromatic ring is 1. The molecular weight excluding hydrogens is 216 g/mol. The molecule has 2 rings (SSSR count). The number of ether oxygens (including phenoxy) is 1. The van der Waals surface area contributed by atoms with Crippen LogP contribution in [0.2, 0.25) is 0 Å². The van der Waals surface area contributed by atoms with E-state index in [9.17, 15) is 0 Å². The molecule has 88 valence electrons. The van der Waals surface area contributed by atoms with Crippen LogP contribution in [0, 0.1) is 0 Å². The maximum atomic E-state index is 8.80. The van der Waals surface area contributed by atoms with E-state index in [4.69, 9.17) is 15.6 Å². The Balaban J connectivity index is 2.08. The SMILES string of the molecule is Nc1cncc(Oc2ccc(CCO)cc2)c1. The standard InChI is InChI=1S/C13H14N2O2/c14-11-7-13(9-15-8-11)17-12-3-1-10(2-4-12)5-6-16/h1-4,7-9,16H,5-6,14H2. The molecule has 4 heteroatoms. The van der Waals surface area contributed by atoms with Crippen molar-refractivity contribution in [3.63, 3.8) is 0 Å². The predicted molar refractivity (Wildman–Crippen MR) is 66.0 cm³/mol. The van der Waals surface area contributed by atoms with Crippen molar-refractivity contribution >= 4 is 5.69 Å². The number of anilines is 1. The molecule has 0 saturated heterocycles. The van der Waals surface area contributed by atoms with Gasteiger partial charge < -0.3 is 15.6 Å². The Morgan fingerprint density at radius 1 is 1.12 bits per heavy atom. The first-order valence-electron chi connectivity index (χ1n) is 5.36. The van der Waals surface area contributed by atoms with Crippen molar-refractivity contribution in [3.05, 3.63) is 48.3 Å². The molecule has 0 aliphatic carbocycles. The summed E-state index contributed by atoms with van der Waals surface area (Å²) in [5.74, 6) is 1.33. The van der Waals surface area contributed by atoms with Crippen LogP contribution < -0.4 is 10.5 Å². The number of pyridine rings is 1. The number of hydrogen-bond acceptors (Lipinski definition) is 4. The Bertz CT molecular complexity index is 483. The van der Waals surface area contributed by atoms with E-state index in [1.54, 1.807) is 18.5 Å². The van der Waals surface area contributed by atoms with E-state index in [0.29, 0.717) is 17.9 Å². The highest BCUT2D eigenvalue weighted by Gasteiger charge is 1.99. The van der Waals surface area contributed by atoms with E-state index < -0.39 is 0 Å². The quantitative estimate of drug-likeness (QED) is 0.842. The zero-order valence-electron chi connectivity index (χ0n) is 9.34. The molecule has 0 aliphatic heterocycles. The highest BCUT2D eigenvalue weighted by molar-refractivity contribution is 5.42. The van der Waals surface area contributed by atoms with E-state index in [1.165, 1.54) is 0 Å². The van der Waals surface area contributed by atoms with Gasteiger partial charge >= 0.3 is 0 Å². The molecular formula is C13H14N2O2. The minimum atomic E-state index is 0.152. The van der Waals surface area contributed by atoms with Crippen LogP contribution in [-0.2, 0) is 6.42 Å². The molecule has 0 bridgehead atoms. The van der Waals surface area contributed by atoms with Gasteiger partial charge in [0.15, 0.2) is 0 Å². The van der Waals surface area contributed by atoms with E-state index >= 15 is 0 Å². The number of nitrogens with zero attached hydrogens (tertiary/aromatic N) is 1. The van der Waals surface area contributed by atoms with Crippen molar-refractivity contribution in [1.82, 2.24) is 4.98 Å². The van der Waals surface area contributed by atoms with Gasteiger partial charge in [0.05, 0.1) is 18.1 Å². The summed E-state index contributed by atoms with van der Waals surface area (Å²) in [5, 5.41) is 8.80. The van der Waals surface area contributed by atoms with Gasteiger partial charge in [-0.3, -0.25) is 4.98 Å². The second-order valence-electron chi connectivity index (χ2n) is 3.67. The van der Waals surface area contributed by atoms with Crippen molar-refractivity contribution in [1.29, 1.82) is 0 Å². The molecule has 0 aliphatic rings. The van der Waals surface area contributed by atoms with Gasteiger partial charge in [0.1, 0.15) is 11.5 Å². The molecule has 2 aromatic rings. The molecule has 0 amide bonds. The monoisotopic (exact) mass is 230 g/mol. The average molecular weight is 230 g/mol. The summed E-state index contributed by atoms with van der Waals surface area (Å²) in [4.78, 5) is 3.94. The van der Waals surface area contributed by atoms with Gasteiger partial charge in [-0.15, -0.1) is 0 Å². The molecule has 4 nitrogen and oxygen atoms in total. The fourth-order valence-corrected chi connectivity index (χ4v) is 1.48. The molecule has 0 radical (unpaired) electrons. The molecule has 0 atom stereocenters. The molecule has 0 fully saturated rings. The third kappa shape index (κ3) is 3.19. The number of aliphatic hydroxyl groups is 1. The summed E-state index contributed by atoms with van der Waals surface area (Å²) < 4.78 is 5.59. The second-order valence-corrected chi connectivity index (χ2v) is 3.67. The summed E-state index contributed by atoms with van der Waals surface area (Å²) in [6.07, 6.45) is 3.83. The minimum Gasteiger partial charge on any atom is -0.456 e. The Kier molecular flexibility index (Phi) is 3.57. The minimum absolute atomic E-state index is 0.152. The van der Waals surface area contributed by atoms with Crippen LogP contribution in [0.5, 0.6) is 11.5 Å². The third-order valence-electron chi connectivity index (χ3n) is 2.29. The third-order valence-corrected chi connectivity index (χ3v) is 2.29. The summed E-state index contributed by atoms with van der Waals surface area (Å²) >= 11 is 0. The summed E-state index contributed by atoms with van der Waals surface area (Å²) in [5.41, 5.74) is 7.25. The van der Waals surface area contributed by atoms with E-state index in [0.717, 1.165) is 11.3 Å². The van der Waals surface area contributed by atoms with Gasteiger partial charge in [-0.1, -0.05) is 12.1 Å². The van der Waals surface area contributed by atoms with Gasteiger partial charge in [-0.2, -0.15) is 0 Å². The van der Waals surface area contributed by atoms with Crippen LogP contribution in [0.25, 0.3) is 0 Å². The lowest BCUT2D eigenvalue weighted by atomic mass is 10.1. The molecule has 17 heavy (non-hydrogen) atoms. The van der Waals surface area contributed by atoms with Gasteiger partial charge in [0, 0.05) is 12.7 Å². The number of aliphatic hydroxyl groups excluding tert-OH is 1. The Labute approximate surface area is 99.7 Å². The number of hydrogen-bond donors (Lipinski definition) is 2. The normalized spacial score (nSPS) is 10.2. The smallest absolute Gasteiger partial charge is 0.147 e. The first kappa shape index (κ1) is 11.4. The van der Waals surface area contributed by atoms with Gasteiger partial charge in [0.25, 0.3) is 0 Å². The van der Waals surface area contributed by atoms with Crippen molar-refractivity contribution < 1.29 is 9.84 Å². The van der Waals surface area contributed by atoms with Crippen LogP contribution in [0.3, 0.4) is 0 Å². The van der Waals surface area contributed by atoms with Gasteiger partial charge in [0.2, 0.25) is 0 Å². The van der Waals surface area contributed by atoms with Gasteiger partial charge in [-0.05, 0) is 24.1 Å². The Hall–Kier alpha value is -2.07. The van der Waals surface area contributed by atoms with Crippen LogP contribution in [0.1, 0.15) is 5.56 Å². The predicted octanol–water partition coefficient (Wildman–Crippen LogP) is 1.99. The van der Waals surface area contributed by atoms with Crippen molar-refractivity contribution in [3.8, 4) is 11.5 Å². The molecule has 1 aromatic heterocycles. The van der Waals surface area contributed by atoms with Crippen molar-refractivity contribution in [2.75, 3.05) is 12.3 Å². The van der Waals surface area contributed by atoms with Crippen molar-refractivity contribution in [2.24, 2.45) is 0 Å². The first-order chi connectivity index (χ1) is 8.28. The molecule has 0 spiro atoms. The van der Waals surface area contributed by atoms with Crippen molar-refractivity contribution in [2.45, 2.75) is 6.42 Å². The highest BCUT2D eigenvalue weighted by atomic mass is 16.5. The van der Waals surface area contributed by atoms with E-state index in [2.05, 4.69) is 4.98 Å². The molecule has 0 unspecified atom stereocenters. The first-order valence-corrected chi connectivity index (χ1v) is 5.36. The number of benzene rings is 1.